The van der Waals surface area contributed by atoms with E-state index < -0.39 is 0 Å². The van der Waals surface area contributed by atoms with Gasteiger partial charge in [0.05, 0.1) is 35.9 Å². The standard InChI is InChI=1S/C32H44ClN7O2/c1-6-26(41)38-17-31(18-38)12-22(13-31)40-21(5)27(28-24(14-34)25(35)11-20(4)29(28)33)30(36-40)39-10-9-37(23-15-42-16-23)19-32(39,7-2)8-3/h6,11,14,22-23,34H,1,7-10,12-13,15-19,35H2,2-5H3. The van der Waals surface area contributed by atoms with E-state index in [-0.39, 0.29) is 22.9 Å². The van der Waals surface area contributed by atoms with E-state index in [1.54, 1.807) is 0 Å². The number of nitrogens with two attached hydrogens (primary N) is 1. The summed E-state index contributed by atoms with van der Waals surface area (Å²) in [6.45, 7) is 18.3. The number of carbonyl (C=O) groups excluding carboxylic acids is 1. The molecule has 0 bridgehead atoms. The molecule has 1 aromatic heterocycles. The van der Waals surface area contributed by atoms with Gasteiger partial charge in [0.1, 0.15) is 0 Å². The van der Waals surface area contributed by atoms with Crippen LogP contribution in [-0.4, -0.2) is 89.2 Å². The lowest BCUT2D eigenvalue weighted by atomic mass is 9.60. The molecule has 0 radical (unpaired) electrons. The van der Waals surface area contributed by atoms with Crippen LogP contribution >= 0.6 is 11.6 Å². The molecule has 3 N–H and O–H groups in total. The summed E-state index contributed by atoms with van der Waals surface area (Å²) in [4.78, 5) is 19.1. The van der Waals surface area contributed by atoms with Crippen molar-refractivity contribution in [1.82, 2.24) is 19.6 Å². The van der Waals surface area contributed by atoms with E-state index in [1.807, 2.05) is 17.9 Å². The number of aryl methyl sites for hydroxylation is 1. The van der Waals surface area contributed by atoms with Crippen molar-refractivity contribution < 1.29 is 9.53 Å². The Morgan fingerprint density at radius 2 is 1.86 bits per heavy atom. The van der Waals surface area contributed by atoms with E-state index in [4.69, 9.17) is 32.6 Å². The van der Waals surface area contributed by atoms with E-state index in [2.05, 4.69) is 41.8 Å². The smallest absolute Gasteiger partial charge is 0.245 e. The van der Waals surface area contributed by atoms with Crippen molar-refractivity contribution in [3.8, 4) is 11.1 Å². The van der Waals surface area contributed by atoms with Gasteiger partial charge in [-0.2, -0.15) is 5.10 Å². The van der Waals surface area contributed by atoms with E-state index in [9.17, 15) is 4.79 Å². The van der Waals surface area contributed by atoms with Crippen LogP contribution in [0.5, 0.6) is 0 Å². The second-order valence-electron chi connectivity index (χ2n) is 13.0. The van der Waals surface area contributed by atoms with Crippen molar-refractivity contribution in [2.75, 3.05) is 56.6 Å². The predicted octanol–water partition coefficient (Wildman–Crippen LogP) is 4.83. The highest BCUT2D eigenvalue weighted by Crippen LogP contribution is 2.56. The Hall–Kier alpha value is -2.88. The molecule has 2 aromatic rings. The van der Waals surface area contributed by atoms with Gasteiger partial charge in [-0.15, -0.1) is 0 Å². The Morgan fingerprint density at radius 3 is 2.43 bits per heavy atom. The lowest BCUT2D eigenvalue weighted by Gasteiger charge is -2.58. The highest BCUT2D eigenvalue weighted by atomic mass is 35.5. The molecule has 9 nitrogen and oxygen atoms in total. The Balaban J connectivity index is 1.43. The number of nitrogen functional groups attached to an aromatic ring is 1. The third-order valence-electron chi connectivity index (χ3n) is 10.7. The SMILES string of the molecule is C=CC(=O)N1CC2(CC(n3nc(N4CCN(C5COC5)CC4(CC)CC)c(-c4c(Cl)c(C)cc(N)c4C=N)c3C)C2)C1. The molecule has 6 rings (SSSR count). The number of anilines is 2. The summed E-state index contributed by atoms with van der Waals surface area (Å²) in [5.41, 5.74) is 11.5. The zero-order chi connectivity index (χ0) is 30.0. The zero-order valence-corrected chi connectivity index (χ0v) is 26.1. The Labute approximate surface area is 254 Å². The molecule has 3 aliphatic heterocycles. The van der Waals surface area contributed by atoms with E-state index >= 15 is 0 Å². The fourth-order valence-corrected chi connectivity index (χ4v) is 8.18. The van der Waals surface area contributed by atoms with Gasteiger partial charge in [-0.3, -0.25) is 14.4 Å². The highest BCUT2D eigenvalue weighted by molar-refractivity contribution is 6.35. The summed E-state index contributed by atoms with van der Waals surface area (Å²) in [5.74, 6) is 0.951. The van der Waals surface area contributed by atoms with Crippen LogP contribution in [0.1, 0.15) is 62.4 Å². The molecular weight excluding hydrogens is 550 g/mol. The lowest BCUT2D eigenvalue weighted by molar-refractivity contribution is -0.149. The molecular formula is C32H44ClN7O2. The maximum absolute atomic E-state index is 12.1. The van der Waals surface area contributed by atoms with Crippen molar-refractivity contribution in [3.05, 3.63) is 40.6 Å². The minimum Gasteiger partial charge on any atom is -0.398 e. The maximum atomic E-state index is 12.1. The quantitative estimate of drug-likeness (QED) is 0.258. The number of rotatable bonds is 8. The number of carbonyl (C=O) groups is 1. The van der Waals surface area contributed by atoms with Gasteiger partial charge in [-0.25, -0.2) is 0 Å². The molecule has 4 heterocycles. The molecule has 1 aliphatic carbocycles. The highest BCUT2D eigenvalue weighted by Gasteiger charge is 2.55. The number of aromatic nitrogens is 2. The summed E-state index contributed by atoms with van der Waals surface area (Å²) >= 11 is 7.09. The van der Waals surface area contributed by atoms with E-state index in [0.717, 1.165) is 99.8 Å². The van der Waals surface area contributed by atoms with Gasteiger partial charge >= 0.3 is 0 Å². The summed E-state index contributed by atoms with van der Waals surface area (Å²) in [7, 11) is 0. The first-order chi connectivity index (χ1) is 20.1. The number of piperazine rings is 1. The number of halogens is 1. The van der Waals surface area contributed by atoms with Crippen LogP contribution in [0.25, 0.3) is 11.1 Å². The van der Waals surface area contributed by atoms with Gasteiger partial charge in [-0.05, 0) is 57.2 Å². The largest absolute Gasteiger partial charge is 0.398 e. The second-order valence-corrected chi connectivity index (χ2v) is 13.3. The zero-order valence-electron chi connectivity index (χ0n) is 25.4. The minimum absolute atomic E-state index is 0.0119. The van der Waals surface area contributed by atoms with Crippen LogP contribution in [0.15, 0.2) is 18.7 Å². The maximum Gasteiger partial charge on any atom is 0.245 e. The molecule has 0 atom stereocenters. The third kappa shape index (κ3) is 4.38. The normalized spacial score (nSPS) is 22.0. The summed E-state index contributed by atoms with van der Waals surface area (Å²) < 4.78 is 7.76. The molecule has 1 aromatic carbocycles. The van der Waals surface area contributed by atoms with Gasteiger partial charge in [0.25, 0.3) is 0 Å². The molecule has 42 heavy (non-hydrogen) atoms. The van der Waals surface area contributed by atoms with Crippen molar-refractivity contribution in [3.63, 3.8) is 0 Å². The fraction of sp³-hybridized carbons (Fsp3) is 0.594. The predicted molar refractivity (Wildman–Crippen MR) is 169 cm³/mol. The first-order valence-corrected chi connectivity index (χ1v) is 15.7. The number of nitrogens with one attached hydrogen (secondary N) is 1. The van der Waals surface area contributed by atoms with Crippen LogP contribution in [0.3, 0.4) is 0 Å². The second kappa shape index (κ2) is 10.7. The van der Waals surface area contributed by atoms with Gasteiger partial charge < -0.3 is 25.7 Å². The molecule has 3 saturated heterocycles. The Morgan fingerprint density at radius 1 is 1.17 bits per heavy atom. The van der Waals surface area contributed by atoms with Gasteiger partial charge in [0.2, 0.25) is 5.91 Å². The van der Waals surface area contributed by atoms with Crippen LogP contribution in [-0.2, 0) is 9.53 Å². The Bertz CT molecular complexity index is 1410. The first kappa shape index (κ1) is 29.2. The Kier molecular flexibility index (Phi) is 7.43. The summed E-state index contributed by atoms with van der Waals surface area (Å²) in [6, 6.07) is 2.59. The van der Waals surface area contributed by atoms with Crippen LogP contribution in [0.2, 0.25) is 5.02 Å². The van der Waals surface area contributed by atoms with Crippen molar-refractivity contribution in [2.24, 2.45) is 5.41 Å². The number of benzene rings is 1. The van der Waals surface area contributed by atoms with Crippen LogP contribution < -0.4 is 10.6 Å². The van der Waals surface area contributed by atoms with Gasteiger partial charge in [0, 0.05) is 72.4 Å². The number of amides is 1. The summed E-state index contributed by atoms with van der Waals surface area (Å²) in [6.07, 6.45) is 6.68. The molecule has 0 unspecified atom stereocenters. The van der Waals surface area contributed by atoms with Gasteiger partial charge in [-0.1, -0.05) is 32.0 Å². The average molecular weight is 594 g/mol. The van der Waals surface area contributed by atoms with Gasteiger partial charge in [0.15, 0.2) is 5.82 Å². The molecule has 4 fully saturated rings. The number of nitrogens with zero attached hydrogens (tertiary/aromatic N) is 5. The van der Waals surface area contributed by atoms with Crippen LogP contribution in [0, 0.1) is 24.7 Å². The van der Waals surface area contributed by atoms with Crippen molar-refractivity contribution in [2.45, 2.75) is 71.0 Å². The number of hydrogen-bond acceptors (Lipinski definition) is 7. The third-order valence-corrected chi connectivity index (χ3v) is 11.1. The number of ether oxygens (including phenoxy) is 1. The minimum atomic E-state index is -0.0960. The molecule has 1 saturated carbocycles. The molecule has 226 valence electrons. The lowest BCUT2D eigenvalue weighted by Crippen LogP contribution is -2.66. The molecule has 10 heteroatoms. The average Bonchev–Trinajstić information content (AvgIpc) is 3.23. The fourth-order valence-electron chi connectivity index (χ4n) is 7.93. The summed E-state index contributed by atoms with van der Waals surface area (Å²) in [5, 5.41) is 14.4. The number of likely N-dealkylation sites (tertiary alicyclic amines) is 1. The molecule has 1 spiro atoms. The monoisotopic (exact) mass is 593 g/mol. The van der Waals surface area contributed by atoms with E-state index in [0.29, 0.717) is 22.3 Å². The molecule has 4 aliphatic rings. The first-order valence-electron chi connectivity index (χ1n) is 15.3. The molecule has 1 amide bonds. The number of hydrogen-bond donors (Lipinski definition) is 2. The van der Waals surface area contributed by atoms with Crippen molar-refractivity contribution >= 4 is 35.2 Å². The van der Waals surface area contributed by atoms with E-state index in [1.165, 1.54) is 12.3 Å². The van der Waals surface area contributed by atoms with Crippen LogP contribution in [0.4, 0.5) is 11.5 Å². The topological polar surface area (TPSA) is 104 Å². The van der Waals surface area contributed by atoms with Crippen molar-refractivity contribution in [1.29, 1.82) is 5.41 Å².